The van der Waals surface area contributed by atoms with Gasteiger partial charge in [-0.05, 0) is 59.1 Å². The molecule has 122 valence electrons. The van der Waals surface area contributed by atoms with E-state index >= 15 is 0 Å². The van der Waals surface area contributed by atoms with Crippen LogP contribution >= 0.6 is 0 Å². The van der Waals surface area contributed by atoms with Crippen molar-refractivity contribution < 1.29 is 0 Å². The Balaban J connectivity index is 2.83. The van der Waals surface area contributed by atoms with Crippen molar-refractivity contribution in [1.82, 2.24) is 0 Å². The van der Waals surface area contributed by atoms with Gasteiger partial charge in [0.25, 0.3) is 0 Å². The Bertz CT molecular complexity index is 732. The molecule has 2 aromatic carbocycles. The molecule has 0 fully saturated rings. The highest BCUT2D eigenvalue weighted by atomic mass is 14.2. The van der Waals surface area contributed by atoms with Crippen LogP contribution in [0.2, 0.25) is 0 Å². The van der Waals surface area contributed by atoms with Gasteiger partial charge < -0.3 is 0 Å². The Morgan fingerprint density at radius 2 is 1.17 bits per heavy atom. The van der Waals surface area contributed by atoms with Crippen molar-refractivity contribution in [2.75, 3.05) is 0 Å². The zero-order chi connectivity index (χ0) is 17.4. The van der Waals surface area contributed by atoms with Crippen LogP contribution in [0, 0.1) is 0 Å². The highest BCUT2D eigenvalue weighted by Gasteiger charge is 2.16. The van der Waals surface area contributed by atoms with E-state index in [1.54, 1.807) is 0 Å². The minimum absolute atomic E-state index is 0.850. The van der Waals surface area contributed by atoms with Gasteiger partial charge in [0.05, 0.1) is 0 Å². The summed E-state index contributed by atoms with van der Waals surface area (Å²) in [6.45, 7) is 15.8. The third-order valence-electron chi connectivity index (χ3n) is 4.21. The van der Waals surface area contributed by atoms with Crippen molar-refractivity contribution in [3.05, 3.63) is 109 Å². The molecule has 0 N–H and O–H groups in total. The van der Waals surface area contributed by atoms with Crippen molar-refractivity contribution >= 4 is 0 Å². The van der Waals surface area contributed by atoms with Gasteiger partial charge in [-0.3, -0.25) is 0 Å². The van der Waals surface area contributed by atoms with Crippen molar-refractivity contribution in [2.24, 2.45) is 0 Å². The van der Waals surface area contributed by atoms with E-state index in [1.807, 2.05) is 24.3 Å². The maximum absolute atomic E-state index is 3.98. The van der Waals surface area contributed by atoms with Crippen LogP contribution < -0.4 is 0 Å². The second-order valence-corrected chi connectivity index (χ2v) is 5.86. The summed E-state index contributed by atoms with van der Waals surface area (Å²) in [4.78, 5) is 0. The molecule has 0 radical (unpaired) electrons. The van der Waals surface area contributed by atoms with E-state index < -0.39 is 0 Å². The molecule has 0 saturated heterocycles. The van der Waals surface area contributed by atoms with Crippen LogP contribution in [-0.4, -0.2) is 0 Å². The zero-order valence-corrected chi connectivity index (χ0v) is 14.4. The highest BCUT2D eigenvalue weighted by molar-refractivity contribution is 5.74. The standard InChI is InChI=1S/C24H26/c1-5-12-20-18-21(13-6-2)24(19-16-10-9-11-17-19)23(15-8-4)22(20)14-7-3/h5-11,16-18H,1-4,12-15H2. The fraction of sp³-hybridized carbons (Fsp3) is 0.167. The summed E-state index contributed by atoms with van der Waals surface area (Å²) in [5.41, 5.74) is 7.93. The third kappa shape index (κ3) is 3.83. The maximum atomic E-state index is 3.98. The third-order valence-corrected chi connectivity index (χ3v) is 4.21. The molecule has 0 aliphatic carbocycles. The van der Waals surface area contributed by atoms with Gasteiger partial charge in [0.1, 0.15) is 0 Å². The number of hydrogen-bond donors (Lipinski definition) is 0. The largest absolute Gasteiger partial charge is 0.103 e. The van der Waals surface area contributed by atoms with Gasteiger partial charge in [0.2, 0.25) is 0 Å². The molecule has 24 heavy (non-hydrogen) atoms. The quantitative estimate of drug-likeness (QED) is 0.479. The molecule has 0 atom stereocenters. The van der Waals surface area contributed by atoms with Gasteiger partial charge in [-0.1, -0.05) is 60.7 Å². The topological polar surface area (TPSA) is 0 Å². The average Bonchev–Trinajstić information content (AvgIpc) is 2.59. The molecule has 0 aliphatic heterocycles. The zero-order valence-electron chi connectivity index (χ0n) is 14.4. The average molecular weight is 314 g/mol. The van der Waals surface area contributed by atoms with E-state index in [1.165, 1.54) is 33.4 Å². The smallest absolute Gasteiger partial charge is 0.00909 e. The van der Waals surface area contributed by atoms with E-state index in [-0.39, 0.29) is 0 Å². The van der Waals surface area contributed by atoms with Gasteiger partial charge in [-0.2, -0.15) is 0 Å². The van der Waals surface area contributed by atoms with E-state index in [0.29, 0.717) is 0 Å². The summed E-state index contributed by atoms with van der Waals surface area (Å²) in [7, 11) is 0. The summed E-state index contributed by atoms with van der Waals surface area (Å²) in [6, 6.07) is 12.9. The Hall–Kier alpha value is -2.60. The molecule has 0 bridgehead atoms. The van der Waals surface area contributed by atoms with Gasteiger partial charge >= 0.3 is 0 Å². The second kappa shape index (κ2) is 8.88. The first-order valence-corrected chi connectivity index (χ1v) is 8.42. The SMILES string of the molecule is C=CCc1cc(CC=C)c(-c2ccccc2)c(CC=C)c1CC=C. The summed E-state index contributed by atoms with van der Waals surface area (Å²) in [6.07, 6.45) is 11.4. The molecule has 0 aromatic heterocycles. The van der Waals surface area contributed by atoms with Crippen LogP contribution in [0.25, 0.3) is 11.1 Å². The van der Waals surface area contributed by atoms with E-state index in [2.05, 4.69) is 62.7 Å². The van der Waals surface area contributed by atoms with Crippen molar-refractivity contribution in [3.63, 3.8) is 0 Å². The summed E-state index contributed by atoms with van der Waals surface area (Å²) in [5.74, 6) is 0. The van der Waals surface area contributed by atoms with Crippen LogP contribution in [0.3, 0.4) is 0 Å². The summed E-state index contributed by atoms with van der Waals surface area (Å²) >= 11 is 0. The number of hydrogen-bond acceptors (Lipinski definition) is 0. The molecule has 2 rings (SSSR count). The molecule has 0 amide bonds. The lowest BCUT2D eigenvalue weighted by molar-refractivity contribution is 1.07. The molecule has 2 aromatic rings. The molecular weight excluding hydrogens is 288 g/mol. The Morgan fingerprint density at radius 1 is 0.625 bits per heavy atom. The minimum Gasteiger partial charge on any atom is -0.103 e. The molecule has 0 heterocycles. The van der Waals surface area contributed by atoms with Gasteiger partial charge in [-0.25, -0.2) is 0 Å². The van der Waals surface area contributed by atoms with Crippen LogP contribution in [0.15, 0.2) is 87.0 Å². The lowest BCUT2D eigenvalue weighted by Crippen LogP contribution is -2.05. The number of benzene rings is 2. The number of rotatable bonds is 9. The molecule has 0 nitrogen and oxygen atoms in total. The lowest BCUT2D eigenvalue weighted by atomic mass is 9.83. The van der Waals surface area contributed by atoms with E-state index in [4.69, 9.17) is 0 Å². The predicted octanol–water partition coefficient (Wildman–Crippen LogP) is 6.27. The van der Waals surface area contributed by atoms with E-state index in [0.717, 1.165) is 25.7 Å². The van der Waals surface area contributed by atoms with Crippen LogP contribution in [0.5, 0.6) is 0 Å². The van der Waals surface area contributed by atoms with Crippen molar-refractivity contribution in [1.29, 1.82) is 0 Å². The molecule has 0 heteroatoms. The Kier molecular flexibility index (Phi) is 6.57. The maximum Gasteiger partial charge on any atom is -0.00909 e. The fourth-order valence-electron chi connectivity index (χ4n) is 3.29. The van der Waals surface area contributed by atoms with Crippen molar-refractivity contribution in [3.8, 4) is 11.1 Å². The Morgan fingerprint density at radius 3 is 1.75 bits per heavy atom. The van der Waals surface area contributed by atoms with E-state index in [9.17, 15) is 0 Å². The first kappa shape index (κ1) is 17.7. The van der Waals surface area contributed by atoms with Crippen molar-refractivity contribution in [2.45, 2.75) is 25.7 Å². The minimum atomic E-state index is 0.850. The first-order chi connectivity index (χ1) is 11.8. The van der Waals surface area contributed by atoms with Gasteiger partial charge in [0, 0.05) is 0 Å². The Labute approximate surface area is 146 Å². The summed E-state index contributed by atoms with van der Waals surface area (Å²) < 4.78 is 0. The van der Waals surface area contributed by atoms with Crippen LogP contribution in [-0.2, 0) is 25.7 Å². The fourth-order valence-corrected chi connectivity index (χ4v) is 3.29. The summed E-state index contributed by atoms with van der Waals surface area (Å²) in [5, 5.41) is 0. The first-order valence-electron chi connectivity index (χ1n) is 8.42. The molecular formula is C24H26. The predicted molar refractivity (Wildman–Crippen MR) is 107 cm³/mol. The highest BCUT2D eigenvalue weighted by Crippen LogP contribution is 2.34. The van der Waals surface area contributed by atoms with Crippen LogP contribution in [0.1, 0.15) is 22.3 Å². The molecule has 0 unspecified atom stereocenters. The molecule has 0 aliphatic rings. The number of allylic oxidation sites excluding steroid dienone is 4. The second-order valence-electron chi connectivity index (χ2n) is 5.86. The lowest BCUT2D eigenvalue weighted by Gasteiger charge is -2.21. The normalized spacial score (nSPS) is 10.2. The molecule has 0 spiro atoms. The van der Waals surface area contributed by atoms with Crippen LogP contribution in [0.4, 0.5) is 0 Å². The van der Waals surface area contributed by atoms with Gasteiger partial charge in [-0.15, -0.1) is 26.3 Å². The molecule has 0 saturated carbocycles. The monoisotopic (exact) mass is 314 g/mol. The van der Waals surface area contributed by atoms with Gasteiger partial charge in [0.15, 0.2) is 0 Å².